The first kappa shape index (κ1) is 10.7. The Labute approximate surface area is 94.3 Å². The van der Waals surface area contributed by atoms with Crippen molar-refractivity contribution < 1.29 is 4.42 Å². The molecule has 84 valence electrons. The molecule has 3 nitrogen and oxygen atoms in total. The maximum Gasteiger partial charge on any atom is 0.336 e. The second-order valence-corrected chi connectivity index (χ2v) is 3.65. The summed E-state index contributed by atoms with van der Waals surface area (Å²) in [6.45, 7) is 6.19. The summed E-state index contributed by atoms with van der Waals surface area (Å²) in [5, 5.41) is 0.962. The molecule has 0 saturated heterocycles. The van der Waals surface area contributed by atoms with Crippen LogP contribution in [0.3, 0.4) is 0 Å². The van der Waals surface area contributed by atoms with E-state index in [0.29, 0.717) is 5.58 Å². The fourth-order valence-electron chi connectivity index (χ4n) is 1.84. The molecule has 0 saturated carbocycles. The SMILES string of the molecule is CCN(CC)c1ccc2oc(=O)ccc2c1. The summed E-state index contributed by atoms with van der Waals surface area (Å²) in [5.74, 6) is 0. The number of hydrogen-bond donors (Lipinski definition) is 0. The minimum absolute atomic E-state index is 0.303. The van der Waals surface area contributed by atoms with Gasteiger partial charge in [-0.1, -0.05) is 0 Å². The van der Waals surface area contributed by atoms with Crippen molar-refractivity contribution in [2.75, 3.05) is 18.0 Å². The fourth-order valence-corrected chi connectivity index (χ4v) is 1.84. The Morgan fingerprint density at radius 3 is 2.56 bits per heavy atom. The molecule has 0 radical (unpaired) electrons. The average molecular weight is 217 g/mol. The van der Waals surface area contributed by atoms with Crippen LogP contribution < -0.4 is 10.5 Å². The first-order valence-electron chi connectivity index (χ1n) is 5.53. The Balaban J connectivity index is 2.51. The second kappa shape index (κ2) is 4.39. The smallest absolute Gasteiger partial charge is 0.336 e. The minimum atomic E-state index is -0.303. The molecule has 0 spiro atoms. The zero-order valence-electron chi connectivity index (χ0n) is 9.56. The predicted molar refractivity (Wildman–Crippen MR) is 66.0 cm³/mol. The number of fused-ring (bicyclic) bond motifs is 1. The lowest BCUT2D eigenvalue weighted by atomic mass is 10.2. The predicted octanol–water partition coefficient (Wildman–Crippen LogP) is 2.64. The molecule has 2 rings (SSSR count). The van der Waals surface area contributed by atoms with Gasteiger partial charge < -0.3 is 9.32 Å². The van der Waals surface area contributed by atoms with E-state index in [0.717, 1.165) is 24.2 Å². The first-order chi connectivity index (χ1) is 7.74. The van der Waals surface area contributed by atoms with Crippen LogP contribution in [-0.4, -0.2) is 13.1 Å². The largest absolute Gasteiger partial charge is 0.423 e. The zero-order chi connectivity index (χ0) is 11.5. The van der Waals surface area contributed by atoms with Crippen LogP contribution in [0.25, 0.3) is 11.0 Å². The maximum absolute atomic E-state index is 11.0. The molecular weight excluding hydrogens is 202 g/mol. The quantitative estimate of drug-likeness (QED) is 0.741. The lowest BCUT2D eigenvalue weighted by Gasteiger charge is -2.21. The van der Waals surface area contributed by atoms with Crippen LogP contribution in [0.15, 0.2) is 39.5 Å². The molecule has 0 aliphatic rings. The molecule has 0 bridgehead atoms. The van der Waals surface area contributed by atoms with E-state index in [-0.39, 0.29) is 5.63 Å². The van der Waals surface area contributed by atoms with Crippen molar-refractivity contribution in [3.8, 4) is 0 Å². The van der Waals surface area contributed by atoms with Gasteiger partial charge in [-0.05, 0) is 38.1 Å². The highest BCUT2D eigenvalue weighted by Gasteiger charge is 2.03. The van der Waals surface area contributed by atoms with Crippen molar-refractivity contribution in [2.24, 2.45) is 0 Å². The second-order valence-electron chi connectivity index (χ2n) is 3.65. The van der Waals surface area contributed by atoms with E-state index in [1.165, 1.54) is 6.07 Å². The molecule has 0 aliphatic heterocycles. The molecule has 1 aromatic carbocycles. The van der Waals surface area contributed by atoms with Gasteiger partial charge in [0.1, 0.15) is 5.58 Å². The van der Waals surface area contributed by atoms with Crippen LogP contribution in [0.1, 0.15) is 13.8 Å². The molecule has 1 heterocycles. The number of benzene rings is 1. The van der Waals surface area contributed by atoms with Crippen LogP contribution in [-0.2, 0) is 0 Å². The lowest BCUT2D eigenvalue weighted by Crippen LogP contribution is -2.21. The van der Waals surface area contributed by atoms with E-state index in [1.807, 2.05) is 18.2 Å². The molecular formula is C13H15NO2. The van der Waals surface area contributed by atoms with Crippen molar-refractivity contribution in [1.82, 2.24) is 0 Å². The van der Waals surface area contributed by atoms with Crippen molar-refractivity contribution in [2.45, 2.75) is 13.8 Å². The lowest BCUT2D eigenvalue weighted by molar-refractivity contribution is 0.561. The van der Waals surface area contributed by atoms with Gasteiger partial charge in [-0.2, -0.15) is 0 Å². The van der Waals surface area contributed by atoms with Gasteiger partial charge in [0, 0.05) is 30.2 Å². The molecule has 2 aromatic rings. The summed E-state index contributed by atoms with van der Waals surface area (Å²) in [6.07, 6.45) is 0. The molecule has 1 aromatic heterocycles. The highest BCUT2D eigenvalue weighted by atomic mass is 16.4. The number of nitrogens with zero attached hydrogens (tertiary/aromatic N) is 1. The molecule has 0 N–H and O–H groups in total. The molecule has 0 amide bonds. The van der Waals surface area contributed by atoms with Gasteiger partial charge >= 0.3 is 5.63 Å². The van der Waals surface area contributed by atoms with Crippen molar-refractivity contribution in [3.63, 3.8) is 0 Å². The fraction of sp³-hybridized carbons (Fsp3) is 0.308. The summed E-state index contributed by atoms with van der Waals surface area (Å²) in [5.41, 5.74) is 1.50. The van der Waals surface area contributed by atoms with Crippen LogP contribution in [0.4, 0.5) is 5.69 Å². The van der Waals surface area contributed by atoms with Gasteiger partial charge in [0.05, 0.1) is 0 Å². The van der Waals surface area contributed by atoms with Crippen LogP contribution in [0.5, 0.6) is 0 Å². The summed E-state index contributed by atoms with van der Waals surface area (Å²) >= 11 is 0. The van der Waals surface area contributed by atoms with Gasteiger partial charge in [0.25, 0.3) is 0 Å². The van der Waals surface area contributed by atoms with Gasteiger partial charge in [-0.15, -0.1) is 0 Å². The van der Waals surface area contributed by atoms with Crippen LogP contribution in [0.2, 0.25) is 0 Å². The van der Waals surface area contributed by atoms with E-state index in [4.69, 9.17) is 4.42 Å². The van der Waals surface area contributed by atoms with E-state index in [2.05, 4.69) is 18.7 Å². The van der Waals surface area contributed by atoms with Crippen LogP contribution >= 0.6 is 0 Å². The number of hydrogen-bond acceptors (Lipinski definition) is 3. The number of rotatable bonds is 3. The van der Waals surface area contributed by atoms with E-state index in [1.54, 1.807) is 6.07 Å². The Kier molecular flexibility index (Phi) is 2.95. The van der Waals surface area contributed by atoms with Gasteiger partial charge in [0.15, 0.2) is 0 Å². The zero-order valence-corrected chi connectivity index (χ0v) is 9.56. The third kappa shape index (κ3) is 1.94. The third-order valence-electron chi connectivity index (χ3n) is 2.73. The molecule has 0 fully saturated rings. The standard InChI is InChI=1S/C13H15NO2/c1-3-14(4-2)11-6-7-12-10(9-11)5-8-13(15)16-12/h5-9H,3-4H2,1-2H3. The monoisotopic (exact) mass is 217 g/mol. The third-order valence-corrected chi connectivity index (χ3v) is 2.73. The normalized spacial score (nSPS) is 10.6. The highest BCUT2D eigenvalue weighted by molar-refractivity contribution is 5.80. The first-order valence-corrected chi connectivity index (χ1v) is 5.53. The summed E-state index contributed by atoms with van der Waals surface area (Å²) in [4.78, 5) is 13.3. The van der Waals surface area contributed by atoms with Crippen molar-refractivity contribution >= 4 is 16.7 Å². The van der Waals surface area contributed by atoms with E-state index in [9.17, 15) is 4.79 Å². The van der Waals surface area contributed by atoms with Gasteiger partial charge in [-0.3, -0.25) is 0 Å². The summed E-state index contributed by atoms with van der Waals surface area (Å²) in [6, 6.07) is 9.14. The number of anilines is 1. The molecule has 0 atom stereocenters. The molecule has 3 heteroatoms. The Bertz CT molecular complexity index is 541. The molecule has 16 heavy (non-hydrogen) atoms. The maximum atomic E-state index is 11.0. The van der Waals surface area contributed by atoms with Crippen LogP contribution in [0, 0.1) is 0 Å². The van der Waals surface area contributed by atoms with E-state index < -0.39 is 0 Å². The Morgan fingerprint density at radius 1 is 1.12 bits per heavy atom. The van der Waals surface area contributed by atoms with Gasteiger partial charge in [-0.25, -0.2) is 4.79 Å². The van der Waals surface area contributed by atoms with Gasteiger partial charge in [0.2, 0.25) is 0 Å². The molecule has 0 unspecified atom stereocenters. The summed E-state index contributed by atoms with van der Waals surface area (Å²) < 4.78 is 5.09. The van der Waals surface area contributed by atoms with Crippen molar-refractivity contribution in [1.29, 1.82) is 0 Å². The summed E-state index contributed by atoms with van der Waals surface area (Å²) in [7, 11) is 0. The Hall–Kier alpha value is -1.77. The Morgan fingerprint density at radius 2 is 1.88 bits per heavy atom. The molecule has 0 aliphatic carbocycles. The highest BCUT2D eigenvalue weighted by Crippen LogP contribution is 2.20. The topological polar surface area (TPSA) is 33.5 Å². The average Bonchev–Trinajstić information content (AvgIpc) is 2.31. The van der Waals surface area contributed by atoms with Crippen molar-refractivity contribution in [3.05, 3.63) is 40.8 Å². The van der Waals surface area contributed by atoms with E-state index >= 15 is 0 Å². The minimum Gasteiger partial charge on any atom is -0.423 e.